The second-order valence-electron chi connectivity index (χ2n) is 4.09. The lowest BCUT2D eigenvalue weighted by Gasteiger charge is -2.27. The van der Waals surface area contributed by atoms with Crippen LogP contribution in [0.25, 0.3) is 0 Å². The van der Waals surface area contributed by atoms with Gasteiger partial charge >= 0.3 is 0 Å². The minimum Gasteiger partial charge on any atom is -0.385 e. The Labute approximate surface area is 111 Å². The predicted octanol–water partition coefficient (Wildman–Crippen LogP) is 3.81. The van der Waals surface area contributed by atoms with Crippen LogP contribution in [0.2, 0.25) is 0 Å². The average molecular weight is 267 g/mol. The maximum atomic E-state index is 10.8. The maximum Gasteiger partial charge on any atom is 0.0955 e. The topological polar surface area (TPSA) is 20.2 Å². The van der Waals surface area contributed by atoms with Gasteiger partial charge in [0.15, 0.2) is 0 Å². The van der Waals surface area contributed by atoms with Crippen LogP contribution < -0.4 is 0 Å². The number of benzene rings is 1. The SMILES string of the molecule is OC(CCCl)(Cc1cccs1)c1ccccc1. The Kier molecular flexibility index (Phi) is 4.21. The van der Waals surface area contributed by atoms with Crippen molar-refractivity contribution in [3.63, 3.8) is 0 Å². The summed E-state index contributed by atoms with van der Waals surface area (Å²) < 4.78 is 0. The Morgan fingerprint density at radius 1 is 1.12 bits per heavy atom. The standard InChI is InChI=1S/C14H15ClOS/c15-9-8-14(16,11-13-7-4-10-17-13)12-5-2-1-3-6-12/h1-7,10,16H,8-9,11H2. The molecule has 0 bridgehead atoms. The Morgan fingerprint density at radius 3 is 2.47 bits per heavy atom. The Hall–Kier alpha value is -0.830. The van der Waals surface area contributed by atoms with E-state index in [1.807, 2.05) is 47.8 Å². The van der Waals surface area contributed by atoms with Crippen molar-refractivity contribution in [2.24, 2.45) is 0 Å². The first-order valence-corrected chi connectivity index (χ1v) is 7.02. The molecule has 0 aliphatic carbocycles. The normalized spacial score (nSPS) is 14.5. The number of halogens is 1. The summed E-state index contributed by atoms with van der Waals surface area (Å²) in [5.74, 6) is 0.455. The zero-order chi connectivity index (χ0) is 12.1. The molecular weight excluding hydrogens is 252 g/mol. The number of hydrogen-bond acceptors (Lipinski definition) is 2. The fraction of sp³-hybridized carbons (Fsp3) is 0.286. The van der Waals surface area contributed by atoms with Gasteiger partial charge in [0, 0.05) is 17.2 Å². The van der Waals surface area contributed by atoms with E-state index in [9.17, 15) is 5.11 Å². The average Bonchev–Trinajstić information content (AvgIpc) is 2.83. The number of hydrogen-bond donors (Lipinski definition) is 1. The summed E-state index contributed by atoms with van der Waals surface area (Å²) in [5.41, 5.74) is 0.0856. The Balaban J connectivity index is 2.26. The van der Waals surface area contributed by atoms with Crippen molar-refractivity contribution in [1.82, 2.24) is 0 Å². The van der Waals surface area contributed by atoms with Gasteiger partial charge in [-0.2, -0.15) is 0 Å². The van der Waals surface area contributed by atoms with E-state index in [4.69, 9.17) is 11.6 Å². The van der Waals surface area contributed by atoms with E-state index in [1.165, 1.54) is 4.88 Å². The van der Waals surface area contributed by atoms with E-state index in [0.29, 0.717) is 18.7 Å². The van der Waals surface area contributed by atoms with Crippen molar-refractivity contribution in [3.05, 3.63) is 58.3 Å². The highest BCUT2D eigenvalue weighted by Crippen LogP contribution is 2.31. The van der Waals surface area contributed by atoms with Crippen molar-refractivity contribution in [2.75, 3.05) is 5.88 Å². The highest BCUT2D eigenvalue weighted by molar-refractivity contribution is 7.09. The molecule has 2 aromatic rings. The van der Waals surface area contributed by atoms with Gasteiger partial charge in [-0.3, -0.25) is 0 Å². The van der Waals surface area contributed by atoms with E-state index in [1.54, 1.807) is 11.3 Å². The summed E-state index contributed by atoms with van der Waals surface area (Å²) >= 11 is 7.49. The molecule has 1 aromatic carbocycles. The quantitative estimate of drug-likeness (QED) is 0.816. The van der Waals surface area contributed by atoms with Crippen LogP contribution in [0.15, 0.2) is 47.8 Å². The summed E-state index contributed by atoms with van der Waals surface area (Å²) in [5, 5.41) is 12.8. The molecule has 1 unspecified atom stereocenters. The summed E-state index contributed by atoms with van der Waals surface area (Å²) in [6.45, 7) is 0. The lowest BCUT2D eigenvalue weighted by molar-refractivity contribution is 0.0344. The van der Waals surface area contributed by atoms with Crippen molar-refractivity contribution in [2.45, 2.75) is 18.4 Å². The lowest BCUT2D eigenvalue weighted by atomic mass is 9.87. The number of alkyl halides is 1. The van der Waals surface area contributed by atoms with Gasteiger partial charge in [-0.15, -0.1) is 22.9 Å². The molecule has 0 spiro atoms. The van der Waals surface area contributed by atoms with Gasteiger partial charge in [0.2, 0.25) is 0 Å². The molecule has 1 nitrogen and oxygen atoms in total. The largest absolute Gasteiger partial charge is 0.385 e. The highest BCUT2D eigenvalue weighted by Gasteiger charge is 2.29. The summed E-state index contributed by atoms with van der Waals surface area (Å²) in [6.07, 6.45) is 1.19. The molecule has 0 fully saturated rings. The van der Waals surface area contributed by atoms with E-state index in [-0.39, 0.29) is 0 Å². The maximum absolute atomic E-state index is 10.8. The molecule has 1 N–H and O–H groups in total. The van der Waals surface area contributed by atoms with Crippen molar-refractivity contribution < 1.29 is 5.11 Å². The second kappa shape index (κ2) is 5.67. The van der Waals surface area contributed by atoms with Crippen LogP contribution in [0, 0.1) is 0 Å². The number of aliphatic hydroxyl groups is 1. The van der Waals surface area contributed by atoms with Crippen molar-refractivity contribution in [1.29, 1.82) is 0 Å². The minimum atomic E-state index is -0.853. The van der Waals surface area contributed by atoms with E-state index in [2.05, 4.69) is 0 Å². The molecule has 0 saturated carbocycles. The van der Waals surface area contributed by atoms with Crippen LogP contribution in [0.1, 0.15) is 16.9 Å². The first-order chi connectivity index (χ1) is 8.24. The third kappa shape index (κ3) is 3.09. The predicted molar refractivity (Wildman–Crippen MR) is 73.7 cm³/mol. The molecule has 2 rings (SSSR count). The molecule has 0 aliphatic heterocycles. The molecule has 90 valence electrons. The smallest absolute Gasteiger partial charge is 0.0955 e. The minimum absolute atomic E-state index is 0.455. The van der Waals surface area contributed by atoms with Gasteiger partial charge < -0.3 is 5.11 Å². The molecule has 17 heavy (non-hydrogen) atoms. The first kappa shape index (κ1) is 12.6. The molecular formula is C14H15ClOS. The van der Waals surface area contributed by atoms with Gasteiger partial charge in [-0.25, -0.2) is 0 Å². The molecule has 0 amide bonds. The van der Waals surface area contributed by atoms with Gasteiger partial charge in [-0.05, 0) is 23.4 Å². The van der Waals surface area contributed by atoms with E-state index in [0.717, 1.165) is 5.56 Å². The molecule has 1 atom stereocenters. The molecule has 0 aliphatic rings. The third-order valence-corrected chi connectivity index (χ3v) is 3.93. The van der Waals surface area contributed by atoms with Crippen LogP contribution in [-0.2, 0) is 12.0 Å². The molecule has 3 heteroatoms. The fourth-order valence-electron chi connectivity index (χ4n) is 1.94. The lowest BCUT2D eigenvalue weighted by Crippen LogP contribution is -2.28. The van der Waals surface area contributed by atoms with Crippen LogP contribution in [-0.4, -0.2) is 11.0 Å². The van der Waals surface area contributed by atoms with Crippen LogP contribution in [0.5, 0.6) is 0 Å². The van der Waals surface area contributed by atoms with Crippen LogP contribution in [0.4, 0.5) is 0 Å². The van der Waals surface area contributed by atoms with E-state index >= 15 is 0 Å². The fourth-order valence-corrected chi connectivity index (χ4v) is 3.06. The van der Waals surface area contributed by atoms with Crippen molar-refractivity contribution in [3.8, 4) is 0 Å². The van der Waals surface area contributed by atoms with Gasteiger partial charge in [-0.1, -0.05) is 36.4 Å². The van der Waals surface area contributed by atoms with Crippen LogP contribution >= 0.6 is 22.9 Å². The highest BCUT2D eigenvalue weighted by atomic mass is 35.5. The Morgan fingerprint density at radius 2 is 1.88 bits per heavy atom. The second-order valence-corrected chi connectivity index (χ2v) is 5.50. The van der Waals surface area contributed by atoms with E-state index < -0.39 is 5.60 Å². The van der Waals surface area contributed by atoms with Gasteiger partial charge in [0.05, 0.1) is 5.60 Å². The first-order valence-electron chi connectivity index (χ1n) is 5.61. The summed E-state index contributed by atoms with van der Waals surface area (Å²) in [4.78, 5) is 1.18. The summed E-state index contributed by atoms with van der Waals surface area (Å²) in [6, 6.07) is 13.8. The molecule has 1 aromatic heterocycles. The molecule has 0 saturated heterocycles. The molecule has 0 radical (unpaired) electrons. The summed E-state index contributed by atoms with van der Waals surface area (Å²) in [7, 11) is 0. The van der Waals surface area contributed by atoms with Crippen LogP contribution in [0.3, 0.4) is 0 Å². The van der Waals surface area contributed by atoms with Gasteiger partial charge in [0.25, 0.3) is 0 Å². The monoisotopic (exact) mass is 266 g/mol. The third-order valence-electron chi connectivity index (χ3n) is 2.87. The zero-order valence-corrected chi connectivity index (χ0v) is 11.0. The number of thiophene rings is 1. The zero-order valence-electron chi connectivity index (χ0n) is 9.47. The Bertz CT molecular complexity index is 441. The van der Waals surface area contributed by atoms with Gasteiger partial charge in [0.1, 0.15) is 0 Å². The van der Waals surface area contributed by atoms with Crippen molar-refractivity contribution >= 4 is 22.9 Å². The molecule has 1 heterocycles. The number of rotatable bonds is 5.